The zero-order chi connectivity index (χ0) is 26.3. The predicted molar refractivity (Wildman–Crippen MR) is 139 cm³/mol. The number of hydrogen-bond donors (Lipinski definition) is 0. The smallest absolute Gasteiger partial charge is 0.406 e. The molecule has 184 valence electrons. The molecular weight excluding hydrogens is 476 g/mol. The van der Waals surface area contributed by atoms with Crippen LogP contribution in [0.2, 0.25) is 0 Å². The monoisotopic (exact) mass is 498 g/mol. The van der Waals surface area contributed by atoms with Gasteiger partial charge in [0.15, 0.2) is 0 Å². The van der Waals surface area contributed by atoms with E-state index in [1.54, 1.807) is 24.3 Å². The summed E-state index contributed by atoms with van der Waals surface area (Å²) in [5, 5.41) is 1.11. The summed E-state index contributed by atoms with van der Waals surface area (Å²) in [5.41, 5.74) is 3.56. The molecule has 0 aliphatic heterocycles. The van der Waals surface area contributed by atoms with E-state index in [0.29, 0.717) is 16.3 Å². The van der Waals surface area contributed by atoms with Gasteiger partial charge in [-0.2, -0.15) is 0 Å². The molecular formula is C32H22F4O. The first-order valence-electron chi connectivity index (χ1n) is 11.6. The molecule has 0 atom stereocenters. The molecule has 0 radical (unpaired) electrons. The van der Waals surface area contributed by atoms with Gasteiger partial charge in [-0.05, 0) is 85.3 Å². The van der Waals surface area contributed by atoms with Crippen molar-refractivity contribution in [2.24, 2.45) is 0 Å². The van der Waals surface area contributed by atoms with Crippen LogP contribution in [0.25, 0.3) is 10.8 Å². The van der Waals surface area contributed by atoms with Gasteiger partial charge in [-0.25, -0.2) is 4.39 Å². The Hall–Kier alpha value is -4.48. The highest BCUT2D eigenvalue weighted by Crippen LogP contribution is 2.24. The lowest BCUT2D eigenvalue weighted by Crippen LogP contribution is -2.16. The number of alkyl halides is 3. The summed E-state index contributed by atoms with van der Waals surface area (Å²) in [6.45, 7) is 2.01. The van der Waals surface area contributed by atoms with E-state index in [0.717, 1.165) is 36.1 Å². The highest BCUT2D eigenvalue weighted by Gasteiger charge is 2.30. The molecule has 0 heterocycles. The van der Waals surface area contributed by atoms with Crippen molar-refractivity contribution in [3.63, 3.8) is 0 Å². The highest BCUT2D eigenvalue weighted by molar-refractivity contribution is 5.86. The van der Waals surface area contributed by atoms with Crippen LogP contribution in [0.3, 0.4) is 0 Å². The maximum Gasteiger partial charge on any atom is 0.573 e. The fourth-order valence-electron chi connectivity index (χ4n) is 3.66. The van der Waals surface area contributed by atoms with Gasteiger partial charge in [-0.15, -0.1) is 13.2 Å². The van der Waals surface area contributed by atoms with Gasteiger partial charge in [0.05, 0.1) is 5.56 Å². The molecule has 0 amide bonds. The van der Waals surface area contributed by atoms with Crippen LogP contribution in [-0.2, 0) is 6.42 Å². The van der Waals surface area contributed by atoms with Crippen LogP contribution in [0.4, 0.5) is 17.6 Å². The SMILES string of the molecule is C/C=C/CCc1ccc(C#Cc2ccc3c(F)c(C#Cc4ccc(OC(F)(F)F)cc4)ccc3c2)cc1. The summed E-state index contributed by atoms with van der Waals surface area (Å²) in [6.07, 6.45) is 1.43. The average molecular weight is 499 g/mol. The molecule has 5 heteroatoms. The second-order valence-corrected chi connectivity index (χ2v) is 8.24. The van der Waals surface area contributed by atoms with Gasteiger partial charge in [-0.1, -0.05) is 60.1 Å². The Morgan fingerprint density at radius 1 is 0.757 bits per heavy atom. The normalized spacial score (nSPS) is 11.1. The number of benzene rings is 4. The van der Waals surface area contributed by atoms with Gasteiger partial charge in [0.2, 0.25) is 0 Å². The third kappa shape index (κ3) is 7.26. The lowest BCUT2D eigenvalue weighted by atomic mass is 10.0. The first kappa shape index (κ1) is 25.6. The van der Waals surface area contributed by atoms with Crippen LogP contribution in [0.15, 0.2) is 91.0 Å². The van der Waals surface area contributed by atoms with Crippen molar-refractivity contribution < 1.29 is 22.3 Å². The molecule has 0 bridgehead atoms. The van der Waals surface area contributed by atoms with E-state index < -0.39 is 12.2 Å². The van der Waals surface area contributed by atoms with Crippen molar-refractivity contribution in [2.45, 2.75) is 26.1 Å². The van der Waals surface area contributed by atoms with Crippen LogP contribution in [0.5, 0.6) is 5.75 Å². The van der Waals surface area contributed by atoms with E-state index in [1.165, 1.54) is 17.7 Å². The summed E-state index contributed by atoms with van der Waals surface area (Å²) >= 11 is 0. The van der Waals surface area contributed by atoms with Crippen LogP contribution < -0.4 is 4.74 Å². The number of aryl methyl sites for hydroxylation is 1. The molecule has 4 rings (SSSR count). The first-order chi connectivity index (χ1) is 17.8. The van der Waals surface area contributed by atoms with Crippen molar-refractivity contribution in [3.05, 3.63) is 125 Å². The third-order valence-electron chi connectivity index (χ3n) is 5.52. The molecule has 0 saturated carbocycles. The zero-order valence-corrected chi connectivity index (χ0v) is 20.0. The lowest BCUT2D eigenvalue weighted by Gasteiger charge is -2.08. The van der Waals surface area contributed by atoms with E-state index in [-0.39, 0.29) is 11.3 Å². The van der Waals surface area contributed by atoms with E-state index >= 15 is 4.39 Å². The maximum absolute atomic E-state index is 15.1. The molecule has 0 unspecified atom stereocenters. The fraction of sp³-hybridized carbons (Fsp3) is 0.125. The minimum absolute atomic E-state index is 0.191. The van der Waals surface area contributed by atoms with Gasteiger partial charge in [-0.3, -0.25) is 0 Å². The minimum atomic E-state index is -4.76. The third-order valence-corrected chi connectivity index (χ3v) is 5.52. The molecule has 4 aromatic rings. The number of rotatable bonds is 4. The van der Waals surface area contributed by atoms with E-state index in [1.807, 2.05) is 31.2 Å². The van der Waals surface area contributed by atoms with Gasteiger partial charge >= 0.3 is 6.36 Å². The van der Waals surface area contributed by atoms with Crippen LogP contribution in [-0.4, -0.2) is 6.36 Å². The Bertz CT molecular complexity index is 1540. The molecule has 0 spiro atoms. The van der Waals surface area contributed by atoms with E-state index in [2.05, 4.69) is 46.6 Å². The molecule has 4 aromatic carbocycles. The van der Waals surface area contributed by atoms with Crippen molar-refractivity contribution in [3.8, 4) is 29.4 Å². The topological polar surface area (TPSA) is 9.23 Å². The predicted octanol–water partition coefficient (Wildman–Crippen LogP) is 8.19. The molecule has 37 heavy (non-hydrogen) atoms. The van der Waals surface area contributed by atoms with Crippen LogP contribution >= 0.6 is 0 Å². The molecule has 0 fully saturated rings. The Balaban J connectivity index is 1.48. The van der Waals surface area contributed by atoms with Crippen molar-refractivity contribution >= 4 is 10.8 Å². The summed E-state index contributed by atoms with van der Waals surface area (Å²) in [4.78, 5) is 0. The standard InChI is InChI=1S/C32H22F4O/c1-2-3-4-5-23-6-8-24(9-7-23)10-11-26-15-21-30-28(22-26)18-17-27(31(30)33)16-12-25-13-19-29(20-14-25)37-32(34,35)36/h2-3,6-9,13-15,17-22H,4-5H2,1H3/b3-2+. The highest BCUT2D eigenvalue weighted by atomic mass is 19.4. The Morgan fingerprint density at radius 3 is 2.05 bits per heavy atom. The van der Waals surface area contributed by atoms with Crippen molar-refractivity contribution in [1.29, 1.82) is 0 Å². The minimum Gasteiger partial charge on any atom is -0.406 e. The first-order valence-corrected chi connectivity index (χ1v) is 11.6. The Kier molecular flexibility index (Phi) is 7.96. The number of halogens is 4. The second-order valence-electron chi connectivity index (χ2n) is 8.24. The molecule has 0 aromatic heterocycles. The largest absolute Gasteiger partial charge is 0.573 e. The molecule has 1 nitrogen and oxygen atoms in total. The fourth-order valence-corrected chi connectivity index (χ4v) is 3.66. The van der Waals surface area contributed by atoms with Gasteiger partial charge in [0.25, 0.3) is 0 Å². The molecule has 0 aliphatic rings. The Labute approximate surface area is 213 Å². The van der Waals surface area contributed by atoms with Crippen LogP contribution in [0.1, 0.15) is 41.2 Å². The van der Waals surface area contributed by atoms with Crippen molar-refractivity contribution in [2.75, 3.05) is 0 Å². The van der Waals surface area contributed by atoms with Gasteiger partial charge in [0.1, 0.15) is 11.6 Å². The number of fused-ring (bicyclic) bond motifs is 1. The summed E-state index contributed by atoms with van der Waals surface area (Å²) in [7, 11) is 0. The van der Waals surface area contributed by atoms with E-state index in [9.17, 15) is 13.2 Å². The second kappa shape index (κ2) is 11.5. The lowest BCUT2D eigenvalue weighted by molar-refractivity contribution is -0.274. The maximum atomic E-state index is 15.1. The summed E-state index contributed by atoms with van der Waals surface area (Å²) in [6, 6.07) is 21.9. The zero-order valence-electron chi connectivity index (χ0n) is 20.0. The van der Waals surface area contributed by atoms with Crippen LogP contribution in [0, 0.1) is 29.5 Å². The molecule has 0 saturated heterocycles. The Morgan fingerprint density at radius 2 is 1.38 bits per heavy atom. The van der Waals surface area contributed by atoms with Gasteiger partial charge < -0.3 is 4.74 Å². The van der Waals surface area contributed by atoms with Crippen molar-refractivity contribution in [1.82, 2.24) is 0 Å². The van der Waals surface area contributed by atoms with E-state index in [4.69, 9.17) is 0 Å². The summed E-state index contributed by atoms with van der Waals surface area (Å²) in [5.74, 6) is 11.0. The quantitative estimate of drug-likeness (QED) is 0.157. The van der Waals surface area contributed by atoms with Gasteiger partial charge in [0, 0.05) is 22.1 Å². The summed E-state index contributed by atoms with van der Waals surface area (Å²) < 4.78 is 55.8. The average Bonchev–Trinajstić information content (AvgIpc) is 2.88. The number of hydrogen-bond acceptors (Lipinski definition) is 1. The molecule has 0 N–H and O–H groups in total. The number of ether oxygens (including phenoxy) is 1. The number of allylic oxidation sites excluding steroid dienone is 2. The molecule has 0 aliphatic carbocycles.